The Morgan fingerprint density at radius 3 is 2.70 bits per heavy atom. The number of nitrogens with one attached hydrogen (secondary N) is 1. The van der Waals surface area contributed by atoms with Crippen LogP contribution in [0.1, 0.15) is 39.5 Å². The molecule has 0 radical (unpaired) electrons. The van der Waals surface area contributed by atoms with Gasteiger partial charge in [0.25, 0.3) is 0 Å². The van der Waals surface area contributed by atoms with Crippen LogP contribution in [0.25, 0.3) is 0 Å². The standard InChI is InChI=1S/C15H32N4O/c1-3-14(6-8-16)19-10-5-9-18(12-13-19)11-7-15(20)17-4-2/h14H,3-13,16H2,1-2H3,(H,17,20). The summed E-state index contributed by atoms with van der Waals surface area (Å²) in [5.41, 5.74) is 5.71. The Labute approximate surface area is 123 Å². The molecule has 1 fully saturated rings. The molecule has 1 heterocycles. The van der Waals surface area contributed by atoms with Gasteiger partial charge in [0.1, 0.15) is 0 Å². The topological polar surface area (TPSA) is 61.6 Å². The third-order valence-electron chi connectivity index (χ3n) is 4.14. The lowest BCUT2D eigenvalue weighted by Gasteiger charge is -2.29. The summed E-state index contributed by atoms with van der Waals surface area (Å²) in [6, 6.07) is 0.628. The predicted octanol–water partition coefficient (Wildman–Crippen LogP) is 0.648. The van der Waals surface area contributed by atoms with E-state index >= 15 is 0 Å². The fourth-order valence-electron chi connectivity index (χ4n) is 2.96. The summed E-state index contributed by atoms with van der Waals surface area (Å²) < 4.78 is 0. The molecule has 1 saturated heterocycles. The first-order valence-corrected chi connectivity index (χ1v) is 8.14. The molecule has 1 amide bonds. The number of nitrogens with zero attached hydrogens (tertiary/aromatic N) is 2. The van der Waals surface area contributed by atoms with E-state index in [1.807, 2.05) is 6.92 Å². The van der Waals surface area contributed by atoms with Crippen LogP contribution in [0.15, 0.2) is 0 Å². The van der Waals surface area contributed by atoms with Gasteiger partial charge in [0.05, 0.1) is 0 Å². The van der Waals surface area contributed by atoms with Crippen molar-refractivity contribution in [1.82, 2.24) is 15.1 Å². The summed E-state index contributed by atoms with van der Waals surface area (Å²) in [5.74, 6) is 0.170. The first-order chi connectivity index (χ1) is 9.71. The zero-order chi connectivity index (χ0) is 14.8. The molecular formula is C15H32N4O. The number of hydrogen-bond donors (Lipinski definition) is 2. The van der Waals surface area contributed by atoms with E-state index in [0.29, 0.717) is 12.5 Å². The summed E-state index contributed by atoms with van der Waals surface area (Å²) in [6.07, 6.45) is 4.08. The van der Waals surface area contributed by atoms with Gasteiger partial charge in [-0.2, -0.15) is 0 Å². The Morgan fingerprint density at radius 2 is 2.05 bits per heavy atom. The number of rotatable bonds is 8. The predicted molar refractivity (Wildman–Crippen MR) is 83.7 cm³/mol. The number of amides is 1. The molecule has 20 heavy (non-hydrogen) atoms. The second kappa shape index (κ2) is 10.1. The molecule has 5 nitrogen and oxygen atoms in total. The lowest BCUT2D eigenvalue weighted by atomic mass is 10.1. The number of hydrogen-bond acceptors (Lipinski definition) is 4. The van der Waals surface area contributed by atoms with Crippen molar-refractivity contribution < 1.29 is 4.79 Å². The van der Waals surface area contributed by atoms with Gasteiger partial charge in [-0.1, -0.05) is 6.92 Å². The van der Waals surface area contributed by atoms with Gasteiger partial charge in [-0.3, -0.25) is 9.69 Å². The minimum atomic E-state index is 0.170. The zero-order valence-corrected chi connectivity index (χ0v) is 13.2. The Hall–Kier alpha value is -0.650. The van der Waals surface area contributed by atoms with Crippen LogP contribution in [0, 0.1) is 0 Å². The van der Waals surface area contributed by atoms with Crippen LogP contribution in [0.4, 0.5) is 0 Å². The monoisotopic (exact) mass is 284 g/mol. The van der Waals surface area contributed by atoms with Crippen LogP contribution < -0.4 is 11.1 Å². The van der Waals surface area contributed by atoms with Gasteiger partial charge in [-0.15, -0.1) is 0 Å². The van der Waals surface area contributed by atoms with Crippen molar-refractivity contribution in [2.24, 2.45) is 5.73 Å². The smallest absolute Gasteiger partial charge is 0.221 e. The van der Waals surface area contributed by atoms with Crippen LogP contribution in [-0.2, 0) is 4.79 Å². The first kappa shape index (κ1) is 17.4. The highest BCUT2D eigenvalue weighted by molar-refractivity contribution is 5.75. The molecule has 0 saturated carbocycles. The van der Waals surface area contributed by atoms with Crippen molar-refractivity contribution in [3.63, 3.8) is 0 Å². The molecular weight excluding hydrogens is 252 g/mol. The van der Waals surface area contributed by atoms with Crippen LogP contribution in [-0.4, -0.2) is 67.6 Å². The molecule has 1 aliphatic rings. The Kier molecular flexibility index (Phi) is 8.82. The van der Waals surface area contributed by atoms with E-state index in [1.165, 1.54) is 12.8 Å². The molecule has 0 aliphatic carbocycles. The highest BCUT2D eigenvalue weighted by Crippen LogP contribution is 2.12. The molecule has 0 spiro atoms. The summed E-state index contributed by atoms with van der Waals surface area (Å²) in [5, 5.41) is 2.86. The van der Waals surface area contributed by atoms with Gasteiger partial charge >= 0.3 is 0 Å². The third-order valence-corrected chi connectivity index (χ3v) is 4.14. The van der Waals surface area contributed by atoms with Crippen LogP contribution in [0.2, 0.25) is 0 Å². The largest absolute Gasteiger partial charge is 0.356 e. The second-order valence-electron chi connectivity index (χ2n) is 5.57. The second-order valence-corrected chi connectivity index (χ2v) is 5.57. The molecule has 0 aromatic heterocycles. The molecule has 1 aliphatic heterocycles. The summed E-state index contributed by atoms with van der Waals surface area (Å²) >= 11 is 0. The number of carbonyl (C=O) groups excluding carboxylic acids is 1. The van der Waals surface area contributed by atoms with Gasteiger partial charge in [-0.05, 0) is 45.8 Å². The first-order valence-electron chi connectivity index (χ1n) is 8.14. The maximum atomic E-state index is 11.5. The summed E-state index contributed by atoms with van der Waals surface area (Å²) in [4.78, 5) is 16.5. The molecule has 3 N–H and O–H groups in total. The molecule has 1 rings (SSSR count). The van der Waals surface area contributed by atoms with Crippen molar-refractivity contribution in [1.29, 1.82) is 0 Å². The van der Waals surface area contributed by atoms with Crippen molar-refractivity contribution in [3.05, 3.63) is 0 Å². The average Bonchev–Trinajstić information content (AvgIpc) is 2.68. The third kappa shape index (κ3) is 6.20. The minimum Gasteiger partial charge on any atom is -0.356 e. The van der Waals surface area contributed by atoms with Crippen molar-refractivity contribution in [3.8, 4) is 0 Å². The van der Waals surface area contributed by atoms with Gasteiger partial charge in [0.2, 0.25) is 5.91 Å². The van der Waals surface area contributed by atoms with Crippen LogP contribution in [0.3, 0.4) is 0 Å². The molecule has 1 atom stereocenters. The lowest BCUT2D eigenvalue weighted by molar-refractivity contribution is -0.121. The highest BCUT2D eigenvalue weighted by atomic mass is 16.1. The van der Waals surface area contributed by atoms with Gasteiger partial charge in [-0.25, -0.2) is 0 Å². The Balaban J connectivity index is 2.33. The molecule has 118 valence electrons. The zero-order valence-electron chi connectivity index (χ0n) is 13.2. The minimum absolute atomic E-state index is 0.170. The van der Waals surface area contributed by atoms with E-state index in [4.69, 9.17) is 5.73 Å². The molecule has 0 aromatic carbocycles. The fraction of sp³-hybridized carbons (Fsp3) is 0.933. The van der Waals surface area contributed by atoms with Gasteiger partial charge < -0.3 is 16.0 Å². The normalized spacial score (nSPS) is 19.6. The van der Waals surface area contributed by atoms with Crippen LogP contribution >= 0.6 is 0 Å². The number of carbonyl (C=O) groups is 1. The van der Waals surface area contributed by atoms with Gasteiger partial charge in [0, 0.05) is 38.6 Å². The summed E-state index contributed by atoms with van der Waals surface area (Å²) in [7, 11) is 0. The van der Waals surface area contributed by atoms with Crippen LogP contribution in [0.5, 0.6) is 0 Å². The Morgan fingerprint density at radius 1 is 1.25 bits per heavy atom. The van der Waals surface area contributed by atoms with E-state index in [1.54, 1.807) is 0 Å². The molecule has 0 bridgehead atoms. The maximum absolute atomic E-state index is 11.5. The van der Waals surface area contributed by atoms with Gasteiger partial charge in [0.15, 0.2) is 0 Å². The average molecular weight is 284 g/mol. The maximum Gasteiger partial charge on any atom is 0.221 e. The van der Waals surface area contributed by atoms with Crippen molar-refractivity contribution in [2.45, 2.75) is 45.6 Å². The van der Waals surface area contributed by atoms with Crippen molar-refractivity contribution in [2.75, 3.05) is 45.8 Å². The lowest BCUT2D eigenvalue weighted by Crippen LogP contribution is -2.39. The molecule has 5 heteroatoms. The molecule has 0 aromatic rings. The molecule has 1 unspecified atom stereocenters. The quantitative estimate of drug-likeness (QED) is 0.687. The number of nitrogens with two attached hydrogens (primary N) is 1. The fourth-order valence-corrected chi connectivity index (χ4v) is 2.96. The summed E-state index contributed by atoms with van der Waals surface area (Å²) in [6.45, 7) is 11.0. The SMILES string of the molecule is CCNC(=O)CCN1CCCN(C(CC)CCN)CC1. The van der Waals surface area contributed by atoms with E-state index in [-0.39, 0.29) is 5.91 Å². The highest BCUT2D eigenvalue weighted by Gasteiger charge is 2.20. The van der Waals surface area contributed by atoms with E-state index in [0.717, 1.165) is 52.2 Å². The van der Waals surface area contributed by atoms with E-state index < -0.39 is 0 Å². The Bertz CT molecular complexity index is 273. The van der Waals surface area contributed by atoms with E-state index in [9.17, 15) is 4.79 Å². The van der Waals surface area contributed by atoms with E-state index in [2.05, 4.69) is 22.0 Å². The van der Waals surface area contributed by atoms with Crippen molar-refractivity contribution >= 4 is 5.91 Å².